The fourth-order valence-corrected chi connectivity index (χ4v) is 2.05. The Morgan fingerprint density at radius 3 is 2.75 bits per heavy atom. The van der Waals surface area contributed by atoms with Gasteiger partial charge in [0.1, 0.15) is 5.76 Å². The molecular formula is C14H20N2O4. The molecule has 6 nitrogen and oxygen atoms in total. The Bertz CT molecular complexity index is 444. The van der Waals surface area contributed by atoms with Crippen LogP contribution < -0.4 is 10.6 Å². The molecule has 1 fully saturated rings. The topological polar surface area (TPSA) is 80.6 Å². The zero-order valence-corrected chi connectivity index (χ0v) is 11.6. The molecule has 1 aromatic rings. The van der Waals surface area contributed by atoms with Crippen LogP contribution in [0.4, 0.5) is 0 Å². The first kappa shape index (κ1) is 14.6. The molecule has 1 aromatic heterocycles. The van der Waals surface area contributed by atoms with Crippen molar-refractivity contribution in [2.75, 3.05) is 20.3 Å². The summed E-state index contributed by atoms with van der Waals surface area (Å²) < 4.78 is 10.0. The number of ether oxygens (including phenoxy) is 1. The average Bonchev–Trinajstić information content (AvgIpc) is 3.09. The monoisotopic (exact) mass is 280 g/mol. The second-order valence-corrected chi connectivity index (χ2v) is 4.88. The molecular weight excluding hydrogens is 260 g/mol. The first-order chi connectivity index (χ1) is 9.72. The van der Waals surface area contributed by atoms with E-state index in [2.05, 4.69) is 10.6 Å². The van der Waals surface area contributed by atoms with Gasteiger partial charge in [0.25, 0.3) is 0 Å². The normalized spacial score (nSPS) is 20.4. The van der Waals surface area contributed by atoms with Gasteiger partial charge in [-0.15, -0.1) is 0 Å². The third-order valence-corrected chi connectivity index (χ3v) is 3.31. The van der Waals surface area contributed by atoms with Gasteiger partial charge in [-0.1, -0.05) is 0 Å². The molecule has 1 saturated carbocycles. The number of hydrogen-bond donors (Lipinski definition) is 2. The van der Waals surface area contributed by atoms with Crippen LogP contribution in [0, 0.1) is 11.8 Å². The minimum absolute atomic E-state index is 0.0424. The van der Waals surface area contributed by atoms with Gasteiger partial charge < -0.3 is 19.8 Å². The van der Waals surface area contributed by atoms with E-state index >= 15 is 0 Å². The molecule has 110 valence electrons. The highest BCUT2D eigenvalue weighted by atomic mass is 16.5. The molecule has 20 heavy (non-hydrogen) atoms. The van der Waals surface area contributed by atoms with Crippen LogP contribution in [0.2, 0.25) is 0 Å². The van der Waals surface area contributed by atoms with Crippen molar-refractivity contribution in [2.24, 2.45) is 11.8 Å². The van der Waals surface area contributed by atoms with E-state index in [1.807, 2.05) is 0 Å². The molecule has 0 aliphatic heterocycles. The first-order valence-corrected chi connectivity index (χ1v) is 6.79. The number of furan rings is 1. The predicted molar refractivity (Wildman–Crippen MR) is 71.7 cm³/mol. The van der Waals surface area contributed by atoms with Crippen LogP contribution >= 0.6 is 0 Å². The lowest BCUT2D eigenvalue weighted by Crippen LogP contribution is -2.30. The Kier molecular flexibility index (Phi) is 5.17. The second-order valence-electron chi connectivity index (χ2n) is 4.88. The van der Waals surface area contributed by atoms with Gasteiger partial charge in [-0.05, 0) is 25.0 Å². The molecule has 2 atom stereocenters. The smallest absolute Gasteiger partial charge is 0.224 e. The lowest BCUT2D eigenvalue weighted by Gasteiger charge is -2.05. The van der Waals surface area contributed by atoms with Gasteiger partial charge in [-0.25, -0.2) is 0 Å². The molecule has 2 amide bonds. The molecule has 1 aliphatic rings. The highest BCUT2D eigenvalue weighted by Gasteiger charge is 2.47. The predicted octanol–water partition coefficient (Wildman–Crippen LogP) is 0.685. The highest BCUT2D eigenvalue weighted by Crippen LogP contribution is 2.38. The number of hydrogen-bond acceptors (Lipinski definition) is 4. The van der Waals surface area contributed by atoms with E-state index < -0.39 is 0 Å². The first-order valence-electron chi connectivity index (χ1n) is 6.79. The lowest BCUT2D eigenvalue weighted by molar-refractivity contribution is -0.127. The van der Waals surface area contributed by atoms with Crippen molar-refractivity contribution >= 4 is 11.8 Å². The molecule has 2 rings (SSSR count). The van der Waals surface area contributed by atoms with Gasteiger partial charge in [0.05, 0.1) is 24.6 Å². The fraction of sp³-hybridized carbons (Fsp3) is 0.571. The van der Waals surface area contributed by atoms with E-state index in [-0.39, 0.29) is 23.7 Å². The number of nitrogens with one attached hydrogen (secondary N) is 2. The third-order valence-electron chi connectivity index (χ3n) is 3.31. The molecule has 0 bridgehead atoms. The minimum atomic E-state index is -0.201. The van der Waals surface area contributed by atoms with Crippen LogP contribution in [0.25, 0.3) is 0 Å². The van der Waals surface area contributed by atoms with Crippen molar-refractivity contribution < 1.29 is 18.7 Å². The third kappa shape index (κ3) is 4.09. The summed E-state index contributed by atoms with van der Waals surface area (Å²) in [6.45, 7) is 1.58. The summed E-state index contributed by atoms with van der Waals surface area (Å²) >= 11 is 0. The minimum Gasteiger partial charge on any atom is -0.467 e. The van der Waals surface area contributed by atoms with Crippen LogP contribution in [0.5, 0.6) is 0 Å². The molecule has 0 saturated heterocycles. The van der Waals surface area contributed by atoms with E-state index in [4.69, 9.17) is 9.15 Å². The Morgan fingerprint density at radius 1 is 1.35 bits per heavy atom. The van der Waals surface area contributed by atoms with Gasteiger partial charge in [0.15, 0.2) is 0 Å². The van der Waals surface area contributed by atoms with E-state index in [0.717, 1.165) is 6.42 Å². The molecule has 2 N–H and O–H groups in total. The van der Waals surface area contributed by atoms with E-state index in [1.165, 1.54) is 0 Å². The maximum atomic E-state index is 11.8. The summed E-state index contributed by atoms with van der Waals surface area (Å²) in [5.74, 6) is 0.193. The summed E-state index contributed by atoms with van der Waals surface area (Å²) in [5.41, 5.74) is 0. The van der Waals surface area contributed by atoms with Crippen molar-refractivity contribution in [3.05, 3.63) is 24.2 Å². The van der Waals surface area contributed by atoms with Gasteiger partial charge in [-0.3, -0.25) is 9.59 Å². The Hall–Kier alpha value is -1.82. The zero-order chi connectivity index (χ0) is 14.4. The fourth-order valence-electron chi connectivity index (χ4n) is 2.05. The number of methoxy groups -OCH3 is 1. The summed E-state index contributed by atoms with van der Waals surface area (Å²) in [5, 5.41) is 5.59. The quantitative estimate of drug-likeness (QED) is 0.686. The van der Waals surface area contributed by atoms with Crippen LogP contribution in [0.1, 0.15) is 18.6 Å². The van der Waals surface area contributed by atoms with Crippen molar-refractivity contribution in [1.82, 2.24) is 10.6 Å². The highest BCUT2D eigenvalue weighted by molar-refractivity contribution is 5.92. The Morgan fingerprint density at radius 2 is 2.10 bits per heavy atom. The molecule has 1 aliphatic carbocycles. The molecule has 1 heterocycles. The summed E-state index contributed by atoms with van der Waals surface area (Å²) in [4.78, 5) is 23.6. The maximum Gasteiger partial charge on any atom is 0.224 e. The zero-order valence-electron chi connectivity index (χ0n) is 11.6. The number of rotatable bonds is 8. The number of carbonyl (C=O) groups excluding carboxylic acids is 2. The standard InChI is InChI=1S/C14H20N2O4/c1-19-6-3-5-15-13(17)11-8-12(11)14(18)16-9-10-4-2-7-20-10/h2,4,7,11-12H,3,5-6,8-9H2,1H3,(H,15,17)(H,16,18). The molecule has 6 heteroatoms. The average molecular weight is 280 g/mol. The SMILES string of the molecule is COCCCNC(=O)C1CC1C(=O)NCc1ccco1. The van der Waals surface area contributed by atoms with Crippen LogP contribution in [0.15, 0.2) is 22.8 Å². The molecule has 0 spiro atoms. The Labute approximate surface area is 117 Å². The van der Waals surface area contributed by atoms with E-state index in [1.54, 1.807) is 25.5 Å². The van der Waals surface area contributed by atoms with E-state index in [9.17, 15) is 9.59 Å². The largest absolute Gasteiger partial charge is 0.467 e. The molecule has 0 radical (unpaired) electrons. The van der Waals surface area contributed by atoms with Crippen LogP contribution in [0.3, 0.4) is 0 Å². The van der Waals surface area contributed by atoms with Crippen molar-refractivity contribution in [3.63, 3.8) is 0 Å². The molecule has 2 unspecified atom stereocenters. The van der Waals surface area contributed by atoms with Crippen LogP contribution in [-0.4, -0.2) is 32.1 Å². The van der Waals surface area contributed by atoms with Crippen LogP contribution in [-0.2, 0) is 20.9 Å². The van der Waals surface area contributed by atoms with Gasteiger partial charge >= 0.3 is 0 Å². The summed E-state index contributed by atoms with van der Waals surface area (Å²) in [6, 6.07) is 3.57. The van der Waals surface area contributed by atoms with E-state index in [0.29, 0.717) is 31.9 Å². The van der Waals surface area contributed by atoms with Crippen molar-refractivity contribution in [2.45, 2.75) is 19.4 Å². The number of carbonyl (C=O) groups is 2. The van der Waals surface area contributed by atoms with Gasteiger partial charge in [0, 0.05) is 20.3 Å². The van der Waals surface area contributed by atoms with Crippen molar-refractivity contribution in [3.8, 4) is 0 Å². The maximum absolute atomic E-state index is 11.8. The van der Waals surface area contributed by atoms with Crippen molar-refractivity contribution in [1.29, 1.82) is 0 Å². The summed E-state index contributed by atoms with van der Waals surface area (Å²) in [7, 11) is 1.63. The summed E-state index contributed by atoms with van der Waals surface area (Å²) in [6.07, 6.45) is 2.97. The number of amides is 2. The Balaban J connectivity index is 1.63. The second kappa shape index (κ2) is 7.09. The van der Waals surface area contributed by atoms with Gasteiger partial charge in [0.2, 0.25) is 11.8 Å². The van der Waals surface area contributed by atoms with Gasteiger partial charge in [-0.2, -0.15) is 0 Å². The molecule has 0 aromatic carbocycles. The lowest BCUT2D eigenvalue weighted by atomic mass is 10.2.